The molecule has 2 rings (SSSR count). The molecule has 1 aromatic carbocycles. The first kappa shape index (κ1) is 11.4. The summed E-state index contributed by atoms with van der Waals surface area (Å²) in [6.07, 6.45) is -2.99. The minimum absolute atomic E-state index is 0.129. The van der Waals surface area contributed by atoms with Crippen molar-refractivity contribution in [2.45, 2.75) is 6.18 Å². The summed E-state index contributed by atoms with van der Waals surface area (Å²) in [5, 5.41) is 0. The third-order valence-electron chi connectivity index (χ3n) is 2.04. The minimum atomic E-state index is -4.44. The van der Waals surface area contributed by atoms with Crippen LogP contribution in [0.5, 0.6) is 11.6 Å². The molecule has 5 heteroatoms. The lowest BCUT2D eigenvalue weighted by Gasteiger charge is -2.12. The Morgan fingerprint density at radius 1 is 0.941 bits per heavy atom. The molecule has 0 N–H and O–H groups in total. The van der Waals surface area contributed by atoms with E-state index in [9.17, 15) is 13.2 Å². The molecule has 0 spiro atoms. The van der Waals surface area contributed by atoms with Gasteiger partial charge in [0.05, 0.1) is 5.56 Å². The fourth-order valence-electron chi connectivity index (χ4n) is 1.31. The van der Waals surface area contributed by atoms with Crippen LogP contribution in [0.15, 0.2) is 48.7 Å². The minimum Gasteiger partial charge on any atom is -0.438 e. The third-order valence-corrected chi connectivity index (χ3v) is 2.04. The molecule has 0 fully saturated rings. The van der Waals surface area contributed by atoms with Gasteiger partial charge in [-0.1, -0.05) is 18.2 Å². The highest BCUT2D eigenvalue weighted by Crippen LogP contribution is 2.37. The Hall–Kier alpha value is -2.04. The average Bonchev–Trinajstić information content (AvgIpc) is 2.30. The summed E-state index contributed by atoms with van der Waals surface area (Å²) in [5.74, 6) is -0.122. The van der Waals surface area contributed by atoms with Gasteiger partial charge in [-0.15, -0.1) is 0 Å². The zero-order valence-electron chi connectivity index (χ0n) is 8.61. The maximum Gasteiger partial charge on any atom is 0.419 e. The predicted molar refractivity (Wildman–Crippen MR) is 55.8 cm³/mol. The van der Waals surface area contributed by atoms with Gasteiger partial charge in [-0.05, 0) is 18.2 Å². The van der Waals surface area contributed by atoms with Crippen LogP contribution in [0.25, 0.3) is 0 Å². The van der Waals surface area contributed by atoms with Crippen LogP contribution in [0, 0.1) is 0 Å². The van der Waals surface area contributed by atoms with Gasteiger partial charge >= 0.3 is 6.18 Å². The summed E-state index contributed by atoms with van der Waals surface area (Å²) in [4.78, 5) is 3.81. The van der Waals surface area contributed by atoms with E-state index in [2.05, 4.69) is 4.98 Å². The van der Waals surface area contributed by atoms with E-state index in [0.717, 1.165) is 6.07 Å². The molecule has 17 heavy (non-hydrogen) atoms. The van der Waals surface area contributed by atoms with Gasteiger partial charge in [0.15, 0.2) is 0 Å². The largest absolute Gasteiger partial charge is 0.438 e. The molecule has 0 atom stereocenters. The van der Waals surface area contributed by atoms with Gasteiger partial charge in [0, 0.05) is 12.3 Å². The van der Waals surface area contributed by atoms with Crippen LogP contribution in [0.3, 0.4) is 0 Å². The Kier molecular flexibility index (Phi) is 2.99. The molecule has 0 saturated heterocycles. The van der Waals surface area contributed by atoms with Crippen molar-refractivity contribution in [1.82, 2.24) is 4.98 Å². The summed E-state index contributed by atoms with van der Waals surface area (Å²) in [6.45, 7) is 0. The molecule has 0 aliphatic heterocycles. The number of benzene rings is 1. The first-order chi connectivity index (χ1) is 8.07. The fraction of sp³-hybridized carbons (Fsp3) is 0.0833. The van der Waals surface area contributed by atoms with Gasteiger partial charge in [0.25, 0.3) is 0 Å². The van der Waals surface area contributed by atoms with Crippen molar-refractivity contribution >= 4 is 0 Å². The average molecular weight is 239 g/mol. The molecule has 88 valence electrons. The monoisotopic (exact) mass is 239 g/mol. The number of ether oxygens (including phenoxy) is 1. The highest BCUT2D eigenvalue weighted by atomic mass is 19.4. The molecule has 2 aromatic rings. The van der Waals surface area contributed by atoms with Crippen molar-refractivity contribution in [3.05, 3.63) is 54.2 Å². The van der Waals surface area contributed by atoms with Crippen molar-refractivity contribution in [2.75, 3.05) is 0 Å². The van der Waals surface area contributed by atoms with Gasteiger partial charge in [-0.25, -0.2) is 4.98 Å². The van der Waals surface area contributed by atoms with Gasteiger partial charge in [0.1, 0.15) is 5.75 Å². The second kappa shape index (κ2) is 4.45. The van der Waals surface area contributed by atoms with Crippen LogP contribution in [0.1, 0.15) is 5.56 Å². The lowest BCUT2D eigenvalue weighted by molar-refractivity contribution is -0.138. The highest BCUT2D eigenvalue weighted by Gasteiger charge is 2.34. The summed E-state index contributed by atoms with van der Waals surface area (Å²) < 4.78 is 43.1. The first-order valence-corrected chi connectivity index (χ1v) is 4.82. The molecule has 0 radical (unpaired) electrons. The van der Waals surface area contributed by atoms with E-state index in [-0.39, 0.29) is 11.6 Å². The van der Waals surface area contributed by atoms with Crippen LogP contribution in [0.2, 0.25) is 0 Å². The summed E-state index contributed by atoms with van der Waals surface area (Å²) in [6, 6.07) is 9.81. The zero-order chi connectivity index (χ0) is 12.3. The summed E-state index contributed by atoms with van der Waals surface area (Å²) in [7, 11) is 0. The second-order valence-corrected chi connectivity index (χ2v) is 3.26. The number of nitrogens with zero attached hydrogens (tertiary/aromatic N) is 1. The number of alkyl halides is 3. The maximum atomic E-state index is 12.7. The number of rotatable bonds is 2. The van der Waals surface area contributed by atoms with Crippen LogP contribution in [-0.4, -0.2) is 4.98 Å². The molecule has 0 saturated carbocycles. The molecule has 0 unspecified atom stereocenters. The lowest BCUT2D eigenvalue weighted by atomic mass is 10.2. The molecule has 0 amide bonds. The Balaban J connectivity index is 2.34. The van der Waals surface area contributed by atoms with Crippen LogP contribution in [0.4, 0.5) is 13.2 Å². The molecule has 2 nitrogen and oxygen atoms in total. The summed E-state index contributed by atoms with van der Waals surface area (Å²) >= 11 is 0. The Labute approximate surface area is 95.7 Å². The number of pyridine rings is 1. The van der Waals surface area contributed by atoms with E-state index < -0.39 is 11.7 Å². The molecule has 0 bridgehead atoms. The van der Waals surface area contributed by atoms with Crippen molar-refractivity contribution in [3.63, 3.8) is 0 Å². The van der Waals surface area contributed by atoms with Crippen molar-refractivity contribution < 1.29 is 17.9 Å². The Bertz CT molecular complexity index is 497. The lowest BCUT2D eigenvalue weighted by Crippen LogP contribution is -2.06. The Morgan fingerprint density at radius 3 is 2.29 bits per heavy atom. The fourth-order valence-corrected chi connectivity index (χ4v) is 1.31. The van der Waals surface area contributed by atoms with Gasteiger partial charge in [-0.2, -0.15) is 13.2 Å². The van der Waals surface area contributed by atoms with Gasteiger partial charge in [-0.3, -0.25) is 0 Å². The first-order valence-electron chi connectivity index (χ1n) is 4.82. The molecule has 1 heterocycles. The van der Waals surface area contributed by atoms with E-state index in [4.69, 9.17) is 4.74 Å². The normalized spacial score (nSPS) is 11.2. The number of halogens is 3. The number of aromatic nitrogens is 1. The third kappa shape index (κ3) is 2.75. The molecular weight excluding hydrogens is 231 g/mol. The maximum absolute atomic E-state index is 12.7. The van der Waals surface area contributed by atoms with Crippen molar-refractivity contribution in [2.24, 2.45) is 0 Å². The van der Waals surface area contributed by atoms with E-state index in [1.165, 1.54) is 30.5 Å². The van der Waals surface area contributed by atoms with E-state index in [1.54, 1.807) is 12.1 Å². The van der Waals surface area contributed by atoms with E-state index in [1.807, 2.05) is 0 Å². The molecule has 1 aromatic heterocycles. The van der Waals surface area contributed by atoms with E-state index >= 15 is 0 Å². The highest BCUT2D eigenvalue weighted by molar-refractivity contribution is 5.37. The predicted octanol–water partition coefficient (Wildman–Crippen LogP) is 3.89. The topological polar surface area (TPSA) is 22.1 Å². The summed E-state index contributed by atoms with van der Waals surface area (Å²) in [5.41, 5.74) is -0.814. The number of hydrogen-bond acceptors (Lipinski definition) is 2. The van der Waals surface area contributed by atoms with Crippen LogP contribution >= 0.6 is 0 Å². The van der Waals surface area contributed by atoms with Crippen LogP contribution in [-0.2, 0) is 6.18 Å². The quantitative estimate of drug-likeness (QED) is 0.793. The Morgan fingerprint density at radius 2 is 1.65 bits per heavy atom. The molecule has 0 aliphatic carbocycles. The number of hydrogen-bond donors (Lipinski definition) is 0. The van der Waals surface area contributed by atoms with E-state index in [0.29, 0.717) is 0 Å². The number of para-hydroxylation sites is 1. The van der Waals surface area contributed by atoms with Gasteiger partial charge < -0.3 is 4.74 Å². The van der Waals surface area contributed by atoms with Crippen LogP contribution < -0.4 is 4.74 Å². The van der Waals surface area contributed by atoms with Crippen molar-refractivity contribution in [1.29, 1.82) is 0 Å². The van der Waals surface area contributed by atoms with Gasteiger partial charge in [0.2, 0.25) is 5.88 Å². The molecular formula is C12H8F3NO. The second-order valence-electron chi connectivity index (χ2n) is 3.26. The zero-order valence-corrected chi connectivity index (χ0v) is 8.61. The SMILES string of the molecule is FC(F)(F)c1ccccc1Oc1ccccn1. The van der Waals surface area contributed by atoms with Crippen molar-refractivity contribution in [3.8, 4) is 11.6 Å². The standard InChI is InChI=1S/C12H8F3NO/c13-12(14,15)9-5-1-2-6-10(9)17-11-7-3-4-8-16-11/h1-8H. The molecule has 0 aliphatic rings. The smallest absolute Gasteiger partial charge is 0.419 e.